The van der Waals surface area contributed by atoms with E-state index in [1.807, 2.05) is 6.07 Å². The fourth-order valence-electron chi connectivity index (χ4n) is 2.80. The van der Waals surface area contributed by atoms with Gasteiger partial charge in [-0.25, -0.2) is 4.52 Å². The summed E-state index contributed by atoms with van der Waals surface area (Å²) in [4.78, 5) is 11.4. The van der Waals surface area contributed by atoms with E-state index in [1.165, 1.54) is 17.5 Å². The van der Waals surface area contributed by atoms with Gasteiger partial charge >= 0.3 is 0 Å². The van der Waals surface area contributed by atoms with Crippen molar-refractivity contribution in [1.82, 2.24) is 19.8 Å². The Bertz CT molecular complexity index is 929. The van der Waals surface area contributed by atoms with Crippen molar-refractivity contribution in [2.45, 2.75) is 18.9 Å². The molecule has 0 aliphatic carbocycles. The predicted octanol–water partition coefficient (Wildman–Crippen LogP) is 1.12. The van der Waals surface area contributed by atoms with Crippen molar-refractivity contribution in [3.8, 4) is 10.6 Å². The second kappa shape index (κ2) is 6.30. The molecule has 1 amide bonds. The lowest BCUT2D eigenvalue weighted by molar-refractivity contribution is 0.0904. The Hall–Kier alpha value is -2.72. The van der Waals surface area contributed by atoms with E-state index in [0.717, 1.165) is 41.8 Å². The van der Waals surface area contributed by atoms with E-state index in [2.05, 4.69) is 20.6 Å². The van der Waals surface area contributed by atoms with Crippen LogP contribution in [-0.2, 0) is 4.74 Å². The molecule has 1 fully saturated rings. The molecule has 1 aliphatic heterocycles. The molecule has 4 heterocycles. The molecule has 3 aromatic heterocycles. The van der Waals surface area contributed by atoms with Gasteiger partial charge in [0.25, 0.3) is 5.91 Å². The zero-order valence-electron chi connectivity index (χ0n) is 13.3. The number of nitrogen functional groups attached to an aromatic ring is 1. The van der Waals surface area contributed by atoms with Gasteiger partial charge in [0, 0.05) is 31.0 Å². The van der Waals surface area contributed by atoms with Gasteiger partial charge in [-0.1, -0.05) is 11.3 Å². The average molecular weight is 359 g/mol. The zero-order valence-corrected chi connectivity index (χ0v) is 14.1. The summed E-state index contributed by atoms with van der Waals surface area (Å²) < 4.78 is 6.96. The van der Waals surface area contributed by atoms with Gasteiger partial charge in [-0.15, -0.1) is 10.2 Å². The Balaban J connectivity index is 1.61. The summed E-state index contributed by atoms with van der Waals surface area (Å²) in [6.45, 7) is 1.53. The molecule has 0 radical (unpaired) electrons. The molecular weight excluding hydrogens is 342 g/mol. The molecule has 1 aliphatic rings. The van der Waals surface area contributed by atoms with E-state index in [0.29, 0.717) is 17.2 Å². The molecule has 0 atom stereocenters. The lowest BCUT2D eigenvalue weighted by atomic mass is 10.1. The first-order valence-electron chi connectivity index (χ1n) is 7.86. The van der Waals surface area contributed by atoms with Crippen LogP contribution in [0.3, 0.4) is 0 Å². The number of nitrogens with zero attached hydrogens (tertiary/aromatic N) is 4. The highest BCUT2D eigenvalue weighted by Gasteiger charge is 2.17. The van der Waals surface area contributed by atoms with Gasteiger partial charge in [0.1, 0.15) is 0 Å². The third kappa shape index (κ3) is 3.01. The number of nitrogens with one attached hydrogen (secondary N) is 1. The number of hydrogen-bond acceptors (Lipinski definition) is 8. The first kappa shape index (κ1) is 15.8. The Morgan fingerprint density at radius 2 is 2.16 bits per heavy atom. The number of aromatic nitrogens is 4. The van der Waals surface area contributed by atoms with E-state index in [1.54, 1.807) is 10.7 Å². The average Bonchev–Trinajstić information content (AvgIpc) is 3.23. The maximum Gasteiger partial charge on any atom is 0.252 e. The quantitative estimate of drug-likeness (QED) is 0.635. The van der Waals surface area contributed by atoms with E-state index in [9.17, 15) is 4.79 Å². The highest BCUT2D eigenvalue weighted by Crippen LogP contribution is 2.31. The molecule has 3 aromatic rings. The van der Waals surface area contributed by atoms with Gasteiger partial charge in [0.15, 0.2) is 5.01 Å². The van der Waals surface area contributed by atoms with Crippen LogP contribution in [0.5, 0.6) is 0 Å². The first-order chi connectivity index (χ1) is 12.1. The summed E-state index contributed by atoms with van der Waals surface area (Å²) >= 11 is 1.46. The Morgan fingerprint density at radius 3 is 2.92 bits per heavy atom. The largest absolute Gasteiger partial charge is 0.396 e. The molecule has 1 saturated heterocycles. The molecule has 5 N–H and O–H groups in total. The van der Waals surface area contributed by atoms with E-state index >= 15 is 0 Å². The fourth-order valence-corrected chi connectivity index (χ4v) is 3.61. The second-order valence-corrected chi connectivity index (χ2v) is 6.82. The van der Waals surface area contributed by atoms with Crippen molar-refractivity contribution in [2.24, 2.45) is 5.73 Å². The second-order valence-electron chi connectivity index (χ2n) is 5.84. The molecule has 0 saturated carbocycles. The highest BCUT2D eigenvalue weighted by atomic mass is 32.1. The Kier molecular flexibility index (Phi) is 3.98. The van der Waals surface area contributed by atoms with Crippen LogP contribution in [0.4, 0.5) is 10.8 Å². The molecule has 25 heavy (non-hydrogen) atoms. The summed E-state index contributed by atoms with van der Waals surface area (Å²) in [6.07, 6.45) is 5.09. The first-order valence-corrected chi connectivity index (χ1v) is 8.68. The van der Waals surface area contributed by atoms with Gasteiger partial charge < -0.3 is 21.5 Å². The SMILES string of the molecule is NC(=O)c1cnn2cc(-c3nnc(NC4CCOCC4)s3)cc2c1N. The zero-order chi connectivity index (χ0) is 17.4. The molecule has 0 unspecified atom stereocenters. The summed E-state index contributed by atoms with van der Waals surface area (Å²) in [6, 6.07) is 2.19. The van der Waals surface area contributed by atoms with Crippen molar-refractivity contribution in [3.05, 3.63) is 24.0 Å². The smallest absolute Gasteiger partial charge is 0.252 e. The topological polar surface area (TPSA) is 133 Å². The van der Waals surface area contributed by atoms with E-state index in [-0.39, 0.29) is 5.56 Å². The van der Waals surface area contributed by atoms with E-state index in [4.69, 9.17) is 16.2 Å². The number of hydrogen-bond donors (Lipinski definition) is 3. The minimum Gasteiger partial charge on any atom is -0.396 e. The number of nitrogens with two attached hydrogens (primary N) is 2. The van der Waals surface area contributed by atoms with Crippen LogP contribution in [-0.4, -0.2) is 45.0 Å². The minimum atomic E-state index is -0.603. The van der Waals surface area contributed by atoms with Gasteiger partial charge in [-0.3, -0.25) is 4.79 Å². The molecule has 0 aromatic carbocycles. The Morgan fingerprint density at radius 1 is 1.36 bits per heavy atom. The van der Waals surface area contributed by atoms with Crippen molar-refractivity contribution >= 4 is 33.6 Å². The number of ether oxygens (including phenoxy) is 1. The molecule has 9 nitrogen and oxygen atoms in total. The van der Waals surface area contributed by atoms with Crippen LogP contribution >= 0.6 is 11.3 Å². The number of anilines is 2. The van der Waals surface area contributed by atoms with Gasteiger partial charge in [-0.2, -0.15) is 5.10 Å². The van der Waals surface area contributed by atoms with Crippen LogP contribution in [0, 0.1) is 0 Å². The third-order valence-corrected chi connectivity index (χ3v) is 5.07. The van der Waals surface area contributed by atoms with Crippen LogP contribution in [0.2, 0.25) is 0 Å². The van der Waals surface area contributed by atoms with Gasteiger partial charge in [0.05, 0.1) is 23.0 Å². The number of primary amides is 1. The summed E-state index contributed by atoms with van der Waals surface area (Å²) in [5.74, 6) is -0.603. The lowest BCUT2D eigenvalue weighted by Gasteiger charge is -2.22. The van der Waals surface area contributed by atoms with Crippen molar-refractivity contribution in [1.29, 1.82) is 0 Å². The number of fused-ring (bicyclic) bond motifs is 1. The van der Waals surface area contributed by atoms with Gasteiger partial charge in [0.2, 0.25) is 5.13 Å². The Labute approximate surface area is 147 Å². The maximum atomic E-state index is 11.4. The predicted molar refractivity (Wildman–Crippen MR) is 94.5 cm³/mol. The summed E-state index contributed by atoms with van der Waals surface area (Å²) in [5, 5.41) is 17.5. The van der Waals surface area contributed by atoms with Crippen LogP contribution in [0.15, 0.2) is 18.5 Å². The molecular formula is C15H17N7O2S. The van der Waals surface area contributed by atoms with Crippen molar-refractivity contribution < 1.29 is 9.53 Å². The molecule has 130 valence electrons. The minimum absolute atomic E-state index is 0.205. The van der Waals surface area contributed by atoms with Gasteiger partial charge in [-0.05, 0) is 18.9 Å². The molecule has 0 spiro atoms. The number of carbonyl (C=O) groups excluding carboxylic acids is 1. The number of rotatable bonds is 4. The molecule has 4 rings (SSSR count). The summed E-state index contributed by atoms with van der Waals surface area (Å²) in [7, 11) is 0. The van der Waals surface area contributed by atoms with Crippen molar-refractivity contribution in [3.63, 3.8) is 0 Å². The number of carbonyl (C=O) groups is 1. The molecule has 10 heteroatoms. The monoisotopic (exact) mass is 359 g/mol. The van der Waals surface area contributed by atoms with E-state index < -0.39 is 5.91 Å². The van der Waals surface area contributed by atoms with Crippen LogP contribution in [0.25, 0.3) is 16.1 Å². The van der Waals surface area contributed by atoms with Crippen LogP contribution < -0.4 is 16.8 Å². The molecule has 0 bridgehead atoms. The fraction of sp³-hybridized carbons (Fsp3) is 0.333. The standard InChI is InChI=1S/C15H17N7O2S/c16-12-10(13(17)23)6-18-22-7-8(5-11(12)22)14-20-21-15(25-14)19-9-1-3-24-4-2-9/h5-7,9H,1-4,16H2,(H2,17,23)(H,19,21). The normalized spacial score (nSPS) is 15.5. The summed E-state index contributed by atoms with van der Waals surface area (Å²) in [5.41, 5.74) is 13.3. The highest BCUT2D eigenvalue weighted by molar-refractivity contribution is 7.18. The van der Waals surface area contributed by atoms with Crippen molar-refractivity contribution in [2.75, 3.05) is 24.3 Å². The van der Waals surface area contributed by atoms with Crippen LogP contribution in [0.1, 0.15) is 23.2 Å². The lowest BCUT2D eigenvalue weighted by Crippen LogP contribution is -2.27. The third-order valence-electron chi connectivity index (χ3n) is 4.16. The maximum absolute atomic E-state index is 11.4. The number of amides is 1.